The number of nitrogens with zero attached hydrogens (tertiary/aromatic N) is 1. The molecule has 0 N–H and O–H groups in total. The molecule has 0 aliphatic rings. The zero-order valence-corrected chi connectivity index (χ0v) is 9.09. The van der Waals surface area contributed by atoms with E-state index >= 15 is 0 Å². The van der Waals surface area contributed by atoms with Crippen LogP contribution in [-0.2, 0) is 4.79 Å². The smallest absolute Gasteiger partial charge is 0.211 e. The molecular formula is C7H3BrINO. The third-order valence-corrected chi connectivity index (χ3v) is 2.43. The van der Waals surface area contributed by atoms with E-state index in [0.717, 1.165) is 8.04 Å². The largest absolute Gasteiger partial charge is 0.240 e. The van der Waals surface area contributed by atoms with Crippen LogP contribution in [0.25, 0.3) is 0 Å². The fraction of sp³-hybridized carbons (Fsp3) is 0. The van der Waals surface area contributed by atoms with Gasteiger partial charge in [0.15, 0.2) is 0 Å². The van der Waals surface area contributed by atoms with Crippen molar-refractivity contribution in [3.8, 4) is 0 Å². The van der Waals surface area contributed by atoms with Crippen molar-refractivity contribution in [2.24, 2.45) is 4.99 Å². The zero-order valence-electron chi connectivity index (χ0n) is 5.34. The van der Waals surface area contributed by atoms with Crippen molar-refractivity contribution in [3.63, 3.8) is 0 Å². The van der Waals surface area contributed by atoms with Crippen molar-refractivity contribution in [2.45, 2.75) is 0 Å². The van der Waals surface area contributed by atoms with Gasteiger partial charge in [0.1, 0.15) is 0 Å². The lowest BCUT2D eigenvalue weighted by atomic mass is 10.3. The first-order valence-corrected chi connectivity index (χ1v) is 4.64. The molecule has 0 heterocycles. The monoisotopic (exact) mass is 323 g/mol. The number of aliphatic imine (C=N–C) groups is 1. The van der Waals surface area contributed by atoms with E-state index in [1.165, 1.54) is 6.08 Å². The van der Waals surface area contributed by atoms with Crippen LogP contribution in [0.1, 0.15) is 0 Å². The molecule has 4 heteroatoms. The van der Waals surface area contributed by atoms with E-state index in [4.69, 9.17) is 0 Å². The lowest BCUT2D eigenvalue weighted by Crippen LogP contribution is -1.72. The van der Waals surface area contributed by atoms with E-state index in [1.807, 2.05) is 12.1 Å². The summed E-state index contributed by atoms with van der Waals surface area (Å²) in [6, 6.07) is 5.48. The van der Waals surface area contributed by atoms with E-state index in [-0.39, 0.29) is 0 Å². The molecule has 1 aromatic rings. The number of isocyanates is 1. The normalized spacial score (nSPS) is 8.91. The zero-order chi connectivity index (χ0) is 8.27. The van der Waals surface area contributed by atoms with Gasteiger partial charge in [0.2, 0.25) is 6.08 Å². The van der Waals surface area contributed by atoms with Crippen LogP contribution in [0.15, 0.2) is 27.7 Å². The molecule has 0 saturated heterocycles. The van der Waals surface area contributed by atoms with E-state index in [0.29, 0.717) is 5.69 Å². The van der Waals surface area contributed by atoms with Gasteiger partial charge >= 0.3 is 0 Å². The maximum absolute atomic E-state index is 9.90. The second-order valence-electron chi connectivity index (χ2n) is 1.80. The Hall–Kier alpha value is -0.190. The molecule has 0 bridgehead atoms. The minimum atomic E-state index is 0.656. The summed E-state index contributed by atoms with van der Waals surface area (Å²) >= 11 is 5.41. The quantitative estimate of drug-likeness (QED) is 0.444. The van der Waals surface area contributed by atoms with Crippen LogP contribution in [0.4, 0.5) is 5.69 Å². The van der Waals surface area contributed by atoms with Crippen LogP contribution in [0, 0.1) is 3.57 Å². The topological polar surface area (TPSA) is 29.4 Å². The van der Waals surface area contributed by atoms with Crippen LogP contribution in [-0.4, -0.2) is 6.08 Å². The predicted octanol–water partition coefficient (Wildman–Crippen LogP) is 3.02. The average molecular weight is 324 g/mol. The maximum atomic E-state index is 9.90. The molecular weight excluding hydrogens is 321 g/mol. The van der Waals surface area contributed by atoms with Gasteiger partial charge in [-0.3, -0.25) is 0 Å². The fourth-order valence-corrected chi connectivity index (χ4v) is 2.05. The summed E-state index contributed by atoms with van der Waals surface area (Å²) in [5.74, 6) is 0. The number of hydrogen-bond donors (Lipinski definition) is 0. The van der Waals surface area contributed by atoms with Gasteiger partial charge in [-0.25, -0.2) is 4.79 Å². The summed E-state index contributed by atoms with van der Waals surface area (Å²) in [6.07, 6.45) is 1.50. The van der Waals surface area contributed by atoms with Crippen LogP contribution in [0.3, 0.4) is 0 Å². The number of hydrogen-bond acceptors (Lipinski definition) is 2. The van der Waals surface area contributed by atoms with Crippen LogP contribution < -0.4 is 0 Å². The molecule has 0 spiro atoms. The maximum Gasteiger partial charge on any atom is 0.240 e. The van der Waals surface area contributed by atoms with E-state index < -0.39 is 0 Å². The van der Waals surface area contributed by atoms with E-state index in [2.05, 4.69) is 43.5 Å². The minimum absolute atomic E-state index is 0.656. The van der Waals surface area contributed by atoms with Gasteiger partial charge in [-0.2, -0.15) is 4.99 Å². The van der Waals surface area contributed by atoms with E-state index in [1.54, 1.807) is 6.07 Å². The van der Waals surface area contributed by atoms with E-state index in [9.17, 15) is 4.79 Å². The number of carbonyl (C=O) groups excluding carboxylic acids is 1. The van der Waals surface area contributed by atoms with Crippen LogP contribution in [0.2, 0.25) is 0 Å². The van der Waals surface area contributed by atoms with Gasteiger partial charge in [0, 0.05) is 8.04 Å². The molecule has 0 radical (unpaired) electrons. The number of halogens is 2. The Morgan fingerprint density at radius 1 is 1.55 bits per heavy atom. The first-order chi connectivity index (χ1) is 5.24. The summed E-state index contributed by atoms with van der Waals surface area (Å²) < 4.78 is 1.91. The molecule has 0 amide bonds. The van der Waals surface area contributed by atoms with Gasteiger partial charge < -0.3 is 0 Å². The molecule has 1 rings (SSSR count). The lowest BCUT2D eigenvalue weighted by molar-refractivity contribution is 0.565. The summed E-state index contributed by atoms with van der Waals surface area (Å²) in [6.45, 7) is 0. The summed E-state index contributed by atoms with van der Waals surface area (Å²) in [5, 5.41) is 0. The second-order valence-corrected chi connectivity index (χ2v) is 3.88. The minimum Gasteiger partial charge on any atom is -0.211 e. The molecule has 0 unspecified atom stereocenters. The molecule has 56 valence electrons. The average Bonchev–Trinajstić information content (AvgIpc) is 1.95. The fourth-order valence-electron chi connectivity index (χ4n) is 0.621. The Bertz CT molecular complexity index is 320. The molecule has 0 saturated carbocycles. The van der Waals surface area contributed by atoms with Crippen molar-refractivity contribution in [3.05, 3.63) is 26.2 Å². The van der Waals surface area contributed by atoms with Gasteiger partial charge in [-0.1, -0.05) is 15.9 Å². The summed E-state index contributed by atoms with van der Waals surface area (Å²) in [5.41, 5.74) is 0.656. The number of rotatable bonds is 1. The summed E-state index contributed by atoms with van der Waals surface area (Å²) in [4.78, 5) is 13.4. The molecule has 0 aromatic heterocycles. The molecule has 1 aromatic carbocycles. The number of benzene rings is 1. The van der Waals surface area contributed by atoms with Crippen molar-refractivity contribution in [1.29, 1.82) is 0 Å². The second kappa shape index (κ2) is 3.99. The molecule has 0 aliphatic heterocycles. The molecule has 0 fully saturated rings. The highest BCUT2D eigenvalue weighted by atomic mass is 127. The molecule has 11 heavy (non-hydrogen) atoms. The van der Waals surface area contributed by atoms with Crippen molar-refractivity contribution in [1.82, 2.24) is 0 Å². The highest BCUT2D eigenvalue weighted by molar-refractivity contribution is 14.1. The SMILES string of the molecule is O=C=Nc1ccc(Br)cc1I. The predicted molar refractivity (Wildman–Crippen MR) is 54.6 cm³/mol. The molecule has 0 aliphatic carbocycles. The van der Waals surface area contributed by atoms with Gasteiger partial charge in [-0.05, 0) is 40.8 Å². The van der Waals surface area contributed by atoms with Gasteiger partial charge in [0.25, 0.3) is 0 Å². The Balaban J connectivity index is 3.19. The third-order valence-electron chi connectivity index (χ3n) is 1.08. The molecule has 2 nitrogen and oxygen atoms in total. The van der Waals surface area contributed by atoms with Gasteiger partial charge in [0.05, 0.1) is 5.69 Å². The van der Waals surface area contributed by atoms with Crippen LogP contribution >= 0.6 is 38.5 Å². The lowest BCUT2D eigenvalue weighted by Gasteiger charge is -1.94. The van der Waals surface area contributed by atoms with Crippen molar-refractivity contribution < 1.29 is 4.79 Å². The highest BCUT2D eigenvalue weighted by Gasteiger charge is 1.96. The first-order valence-electron chi connectivity index (χ1n) is 2.77. The Labute approximate surface area is 86.0 Å². The Morgan fingerprint density at radius 2 is 2.27 bits per heavy atom. The van der Waals surface area contributed by atoms with Crippen LogP contribution in [0.5, 0.6) is 0 Å². The summed E-state index contributed by atoms with van der Waals surface area (Å²) in [7, 11) is 0. The standard InChI is InChI=1S/C7H3BrINO/c8-5-1-2-7(10-4-11)6(9)3-5/h1-3H. The Kier molecular flexibility index (Phi) is 3.23. The van der Waals surface area contributed by atoms with Crippen molar-refractivity contribution in [2.75, 3.05) is 0 Å². The highest BCUT2D eigenvalue weighted by Crippen LogP contribution is 2.24. The van der Waals surface area contributed by atoms with Crippen molar-refractivity contribution >= 4 is 50.3 Å². The Morgan fingerprint density at radius 3 is 2.82 bits per heavy atom. The third kappa shape index (κ3) is 2.39. The molecule has 0 atom stereocenters. The first kappa shape index (κ1) is 8.90. The van der Waals surface area contributed by atoms with Gasteiger partial charge in [-0.15, -0.1) is 0 Å².